The number of ether oxygens (including phenoxy) is 1. The number of allylic oxidation sites excluding steroid dienone is 1. The number of benzene rings is 1. The number of hydrogen-bond acceptors (Lipinski definition) is 2. The van der Waals surface area contributed by atoms with Gasteiger partial charge in [-0.3, -0.25) is 0 Å². The number of nitriles is 1. The lowest BCUT2D eigenvalue weighted by Crippen LogP contribution is -1.91. The Morgan fingerprint density at radius 3 is 2.71 bits per heavy atom. The quantitative estimate of drug-likeness (QED) is 0.748. The highest BCUT2D eigenvalue weighted by Crippen LogP contribution is 2.34. The van der Waals surface area contributed by atoms with Gasteiger partial charge in [-0.25, -0.2) is 0 Å². The predicted octanol–water partition coefficient (Wildman–Crippen LogP) is 4.62. The molecule has 0 aliphatic carbocycles. The van der Waals surface area contributed by atoms with Gasteiger partial charge < -0.3 is 4.74 Å². The average Bonchev–Trinajstić information content (AvgIpc) is 2.35. The van der Waals surface area contributed by atoms with E-state index < -0.39 is 0 Å². The molecule has 0 unspecified atom stereocenters. The van der Waals surface area contributed by atoms with E-state index in [1.807, 2.05) is 6.92 Å². The van der Waals surface area contributed by atoms with Crippen molar-refractivity contribution >= 4 is 28.2 Å². The summed E-state index contributed by atoms with van der Waals surface area (Å²) in [6.45, 7) is 2.00. The molecule has 0 bridgehead atoms. The van der Waals surface area contributed by atoms with Gasteiger partial charge in [0.15, 0.2) is 0 Å². The van der Waals surface area contributed by atoms with Crippen LogP contribution in [0.1, 0.15) is 25.3 Å². The summed E-state index contributed by atoms with van der Waals surface area (Å²) in [6, 6.07) is 7.28. The molecule has 0 N–H and O–H groups in total. The van der Waals surface area contributed by atoms with Crippen molar-refractivity contribution in [2.24, 2.45) is 0 Å². The smallest absolute Gasteiger partial charge is 0.127 e. The van der Waals surface area contributed by atoms with Crippen molar-refractivity contribution in [3.8, 4) is 11.8 Å². The summed E-state index contributed by atoms with van der Waals surface area (Å²) in [6.07, 6.45) is 1.51. The molecule has 90 valence electrons. The third-order valence-corrected chi connectivity index (χ3v) is 2.96. The lowest BCUT2D eigenvalue weighted by atomic mass is 10.1. The molecule has 0 atom stereocenters. The predicted molar refractivity (Wildman–Crippen MR) is 71.3 cm³/mol. The second kappa shape index (κ2) is 6.54. The Kier molecular flexibility index (Phi) is 5.34. The first-order valence-corrected chi connectivity index (χ1v) is 6.02. The van der Waals surface area contributed by atoms with Crippen molar-refractivity contribution in [1.29, 1.82) is 5.26 Å². The third-order valence-electron chi connectivity index (χ3n) is 2.30. The van der Waals surface area contributed by atoms with E-state index in [1.54, 1.807) is 25.3 Å². The summed E-state index contributed by atoms with van der Waals surface area (Å²) < 4.78 is 5.21. The van der Waals surface area contributed by atoms with Crippen LogP contribution in [0.15, 0.2) is 23.8 Å². The summed E-state index contributed by atoms with van der Waals surface area (Å²) >= 11 is 12.1. The maximum absolute atomic E-state index is 9.06. The molecular formula is C13H13Cl2NO. The lowest BCUT2D eigenvalue weighted by Gasteiger charge is -2.09. The van der Waals surface area contributed by atoms with Crippen molar-refractivity contribution in [3.05, 3.63) is 34.4 Å². The van der Waals surface area contributed by atoms with Crippen LogP contribution in [0.4, 0.5) is 0 Å². The monoisotopic (exact) mass is 269 g/mol. The second-order valence-corrected chi connectivity index (χ2v) is 4.31. The molecule has 0 amide bonds. The van der Waals surface area contributed by atoms with Crippen molar-refractivity contribution < 1.29 is 4.74 Å². The van der Waals surface area contributed by atoms with Crippen LogP contribution >= 0.6 is 23.2 Å². The number of rotatable bonds is 4. The standard InChI is InChI=1S/C13H13Cl2NO/c1-3-4-9(8-16)13(15)11-7-10(14)5-6-12(11)17-2/h5-7H,3-4H2,1-2H3. The second-order valence-electron chi connectivity index (χ2n) is 3.50. The number of methoxy groups -OCH3 is 1. The number of nitrogens with zero attached hydrogens (tertiary/aromatic N) is 1. The number of hydrogen-bond donors (Lipinski definition) is 0. The Morgan fingerprint density at radius 2 is 2.18 bits per heavy atom. The minimum Gasteiger partial charge on any atom is -0.496 e. The summed E-state index contributed by atoms with van der Waals surface area (Å²) in [5, 5.41) is 10.0. The number of halogens is 2. The Balaban J connectivity index is 3.31. The Hall–Kier alpha value is -1.17. The van der Waals surface area contributed by atoms with Crippen molar-refractivity contribution in [2.45, 2.75) is 19.8 Å². The molecule has 2 nitrogen and oxygen atoms in total. The van der Waals surface area contributed by atoms with Gasteiger partial charge in [-0.05, 0) is 24.6 Å². The van der Waals surface area contributed by atoms with Gasteiger partial charge in [0.2, 0.25) is 0 Å². The zero-order valence-electron chi connectivity index (χ0n) is 9.76. The van der Waals surface area contributed by atoms with Gasteiger partial charge in [-0.1, -0.05) is 36.5 Å². The molecule has 1 rings (SSSR count). The van der Waals surface area contributed by atoms with Gasteiger partial charge in [0.25, 0.3) is 0 Å². The van der Waals surface area contributed by atoms with E-state index in [0.29, 0.717) is 33.4 Å². The third kappa shape index (κ3) is 3.39. The van der Waals surface area contributed by atoms with Gasteiger partial charge >= 0.3 is 0 Å². The van der Waals surface area contributed by atoms with Crippen LogP contribution in [0.2, 0.25) is 5.02 Å². The van der Waals surface area contributed by atoms with Crippen LogP contribution < -0.4 is 4.74 Å². The van der Waals surface area contributed by atoms with E-state index in [1.165, 1.54) is 0 Å². The molecule has 0 saturated carbocycles. The van der Waals surface area contributed by atoms with E-state index in [-0.39, 0.29) is 0 Å². The first kappa shape index (κ1) is 13.9. The minimum atomic E-state index is 0.411. The first-order valence-electron chi connectivity index (χ1n) is 5.26. The van der Waals surface area contributed by atoms with Gasteiger partial charge in [-0.15, -0.1) is 0 Å². The van der Waals surface area contributed by atoms with E-state index in [9.17, 15) is 0 Å². The summed E-state index contributed by atoms with van der Waals surface area (Å²) in [5.74, 6) is 0.614. The van der Waals surface area contributed by atoms with Gasteiger partial charge in [0, 0.05) is 16.2 Å². The normalized spacial score (nSPS) is 11.7. The van der Waals surface area contributed by atoms with Gasteiger partial charge in [0.05, 0.1) is 18.2 Å². The van der Waals surface area contributed by atoms with E-state index in [0.717, 1.165) is 6.42 Å². The molecule has 4 heteroatoms. The molecule has 0 spiro atoms. The topological polar surface area (TPSA) is 33.0 Å². The molecular weight excluding hydrogens is 257 g/mol. The summed E-state index contributed by atoms with van der Waals surface area (Å²) in [7, 11) is 1.56. The molecule has 0 saturated heterocycles. The fourth-order valence-electron chi connectivity index (χ4n) is 1.48. The van der Waals surface area contributed by atoms with E-state index in [4.69, 9.17) is 33.2 Å². The molecule has 0 radical (unpaired) electrons. The van der Waals surface area contributed by atoms with Crippen LogP contribution in [0.5, 0.6) is 5.75 Å². The summed E-state index contributed by atoms with van der Waals surface area (Å²) in [5.41, 5.74) is 1.21. The van der Waals surface area contributed by atoms with Gasteiger partial charge in [0.1, 0.15) is 5.75 Å². The molecule has 0 heterocycles. The molecule has 17 heavy (non-hydrogen) atoms. The first-order chi connectivity index (χ1) is 8.13. The van der Waals surface area contributed by atoms with E-state index in [2.05, 4.69) is 6.07 Å². The van der Waals surface area contributed by atoms with Crippen LogP contribution in [0.3, 0.4) is 0 Å². The Labute approximate surface area is 111 Å². The van der Waals surface area contributed by atoms with Crippen molar-refractivity contribution in [3.63, 3.8) is 0 Å². The highest BCUT2D eigenvalue weighted by Gasteiger charge is 2.12. The van der Waals surface area contributed by atoms with Crippen LogP contribution in [-0.2, 0) is 0 Å². The van der Waals surface area contributed by atoms with Gasteiger partial charge in [-0.2, -0.15) is 5.26 Å². The molecule has 0 aliphatic heterocycles. The SMILES string of the molecule is CCCC(C#N)=C(Cl)c1cc(Cl)ccc1OC. The molecule has 1 aromatic rings. The summed E-state index contributed by atoms with van der Waals surface area (Å²) in [4.78, 5) is 0. The highest BCUT2D eigenvalue weighted by atomic mass is 35.5. The fraction of sp³-hybridized carbons (Fsp3) is 0.308. The average molecular weight is 270 g/mol. The Morgan fingerprint density at radius 1 is 1.47 bits per heavy atom. The zero-order chi connectivity index (χ0) is 12.8. The molecule has 0 fully saturated rings. The maximum Gasteiger partial charge on any atom is 0.127 e. The minimum absolute atomic E-state index is 0.411. The molecule has 0 aliphatic rings. The van der Waals surface area contributed by atoms with Crippen LogP contribution in [0.25, 0.3) is 5.03 Å². The Bertz CT molecular complexity index is 475. The molecule has 0 aromatic heterocycles. The fourth-order valence-corrected chi connectivity index (χ4v) is 1.94. The van der Waals surface area contributed by atoms with E-state index >= 15 is 0 Å². The highest BCUT2D eigenvalue weighted by molar-refractivity contribution is 6.50. The van der Waals surface area contributed by atoms with Crippen molar-refractivity contribution in [1.82, 2.24) is 0 Å². The van der Waals surface area contributed by atoms with Crippen LogP contribution in [-0.4, -0.2) is 7.11 Å². The maximum atomic E-state index is 9.06. The van der Waals surface area contributed by atoms with Crippen LogP contribution in [0, 0.1) is 11.3 Å². The lowest BCUT2D eigenvalue weighted by molar-refractivity contribution is 0.413. The zero-order valence-corrected chi connectivity index (χ0v) is 11.3. The van der Waals surface area contributed by atoms with Crippen molar-refractivity contribution in [2.75, 3.05) is 7.11 Å². The molecule has 1 aromatic carbocycles. The largest absolute Gasteiger partial charge is 0.496 e.